The second-order valence-corrected chi connectivity index (χ2v) is 6.09. The molecule has 0 bridgehead atoms. The Hall–Kier alpha value is -0.970. The lowest BCUT2D eigenvalue weighted by atomic mass is 9.87. The molecule has 1 heterocycles. The number of nitrogens with one attached hydrogen (secondary N) is 1. The third-order valence-electron chi connectivity index (χ3n) is 4.18. The normalized spacial score (nSPS) is 27.5. The van der Waals surface area contributed by atoms with Gasteiger partial charge in [-0.15, -0.1) is 5.10 Å². The minimum Gasteiger partial charge on any atom is -0.307 e. The van der Waals surface area contributed by atoms with Crippen molar-refractivity contribution < 1.29 is 0 Å². The fourth-order valence-electron chi connectivity index (χ4n) is 2.86. The summed E-state index contributed by atoms with van der Waals surface area (Å²) in [6.07, 6.45) is 6.36. The van der Waals surface area contributed by atoms with E-state index in [0.29, 0.717) is 17.5 Å². The van der Waals surface area contributed by atoms with Crippen molar-refractivity contribution in [1.29, 1.82) is 0 Å². The van der Waals surface area contributed by atoms with Crippen molar-refractivity contribution in [3.8, 4) is 0 Å². The average molecular weight is 235 g/mol. The van der Waals surface area contributed by atoms with Crippen LogP contribution >= 0.6 is 0 Å². The van der Waals surface area contributed by atoms with Crippen LogP contribution in [0.1, 0.15) is 57.8 Å². The number of nitrogens with zero attached hydrogens (tertiary/aromatic N) is 4. The van der Waals surface area contributed by atoms with Crippen molar-refractivity contribution in [2.45, 2.75) is 64.6 Å². The van der Waals surface area contributed by atoms with Crippen molar-refractivity contribution >= 4 is 0 Å². The lowest BCUT2D eigenvalue weighted by molar-refractivity contribution is 0.234. The minimum absolute atomic E-state index is 0.323. The van der Waals surface area contributed by atoms with Crippen LogP contribution in [0.25, 0.3) is 0 Å². The molecule has 17 heavy (non-hydrogen) atoms. The van der Waals surface area contributed by atoms with Crippen LogP contribution in [-0.2, 0) is 6.54 Å². The second kappa shape index (κ2) is 4.05. The highest BCUT2D eigenvalue weighted by Gasteiger charge is 2.37. The Morgan fingerprint density at radius 1 is 1.35 bits per heavy atom. The molecule has 0 amide bonds. The first kappa shape index (κ1) is 11.1. The van der Waals surface area contributed by atoms with Crippen molar-refractivity contribution in [3.63, 3.8) is 0 Å². The molecule has 0 radical (unpaired) electrons. The Balaban J connectivity index is 1.75. The Bertz CT molecular complexity index is 393. The highest BCUT2D eigenvalue weighted by Crippen LogP contribution is 2.45. The molecule has 1 unspecified atom stereocenters. The first-order chi connectivity index (χ1) is 8.17. The van der Waals surface area contributed by atoms with Gasteiger partial charge in [0.25, 0.3) is 0 Å². The molecule has 5 nitrogen and oxygen atoms in total. The zero-order chi connectivity index (χ0) is 11.9. The Morgan fingerprint density at radius 2 is 2.18 bits per heavy atom. The molecule has 0 saturated heterocycles. The zero-order valence-corrected chi connectivity index (χ0v) is 10.7. The molecule has 3 rings (SSSR count). The summed E-state index contributed by atoms with van der Waals surface area (Å²) in [5.74, 6) is 0.997. The standard InChI is InChI=1S/C12H21N5/c1-12(2)7-3-4-10(12)17-11(14-15-16-17)8-13-9-5-6-9/h9-10,13H,3-8H2,1-2H3. The van der Waals surface area contributed by atoms with Gasteiger partial charge in [-0.2, -0.15) is 0 Å². The largest absolute Gasteiger partial charge is 0.307 e. The molecule has 1 atom stereocenters. The van der Waals surface area contributed by atoms with E-state index in [2.05, 4.69) is 39.4 Å². The van der Waals surface area contributed by atoms with E-state index in [1.807, 2.05) is 0 Å². The van der Waals surface area contributed by atoms with Gasteiger partial charge in [0, 0.05) is 6.04 Å². The van der Waals surface area contributed by atoms with E-state index >= 15 is 0 Å². The van der Waals surface area contributed by atoms with Crippen molar-refractivity contribution in [1.82, 2.24) is 25.5 Å². The number of hydrogen-bond donors (Lipinski definition) is 1. The minimum atomic E-state index is 0.323. The van der Waals surface area contributed by atoms with Crippen LogP contribution in [0.15, 0.2) is 0 Å². The summed E-state index contributed by atoms with van der Waals surface area (Å²) < 4.78 is 2.06. The highest BCUT2D eigenvalue weighted by molar-refractivity contribution is 4.95. The van der Waals surface area contributed by atoms with Gasteiger partial charge in [-0.25, -0.2) is 4.68 Å². The van der Waals surface area contributed by atoms with Crippen molar-refractivity contribution in [2.24, 2.45) is 5.41 Å². The van der Waals surface area contributed by atoms with Gasteiger partial charge in [-0.1, -0.05) is 20.3 Å². The molecule has 2 aliphatic carbocycles. The predicted octanol–water partition coefficient (Wildman–Crippen LogP) is 1.68. The first-order valence-electron chi connectivity index (χ1n) is 6.67. The van der Waals surface area contributed by atoms with E-state index in [1.54, 1.807) is 0 Å². The zero-order valence-electron chi connectivity index (χ0n) is 10.7. The summed E-state index contributed by atoms with van der Waals surface area (Å²) in [5, 5.41) is 15.7. The van der Waals surface area contributed by atoms with E-state index in [9.17, 15) is 0 Å². The van der Waals surface area contributed by atoms with Crippen LogP contribution < -0.4 is 5.32 Å². The number of hydrogen-bond acceptors (Lipinski definition) is 4. The van der Waals surface area contributed by atoms with Crippen LogP contribution in [0.2, 0.25) is 0 Å². The summed E-state index contributed by atoms with van der Waals surface area (Å²) in [6, 6.07) is 1.17. The van der Waals surface area contributed by atoms with Crippen molar-refractivity contribution in [3.05, 3.63) is 5.82 Å². The molecular formula is C12H21N5. The van der Waals surface area contributed by atoms with E-state index in [4.69, 9.17) is 0 Å². The quantitative estimate of drug-likeness (QED) is 0.862. The Kier molecular flexibility index (Phi) is 2.65. The van der Waals surface area contributed by atoms with Crippen LogP contribution in [0.3, 0.4) is 0 Å². The number of aromatic nitrogens is 4. The van der Waals surface area contributed by atoms with E-state index in [-0.39, 0.29) is 0 Å². The van der Waals surface area contributed by atoms with Gasteiger partial charge < -0.3 is 5.32 Å². The van der Waals surface area contributed by atoms with Crippen LogP contribution in [0, 0.1) is 5.41 Å². The fourth-order valence-corrected chi connectivity index (χ4v) is 2.86. The number of rotatable bonds is 4. The van der Waals surface area contributed by atoms with Crippen LogP contribution in [0.5, 0.6) is 0 Å². The summed E-state index contributed by atoms with van der Waals surface area (Å²) in [7, 11) is 0. The van der Waals surface area contributed by atoms with Gasteiger partial charge in [0.1, 0.15) is 0 Å². The van der Waals surface area contributed by atoms with Crippen LogP contribution in [-0.4, -0.2) is 26.2 Å². The van der Waals surface area contributed by atoms with E-state index < -0.39 is 0 Å². The van der Waals surface area contributed by atoms with Crippen molar-refractivity contribution in [2.75, 3.05) is 0 Å². The molecule has 94 valence electrons. The molecule has 0 spiro atoms. The predicted molar refractivity (Wildman–Crippen MR) is 64.3 cm³/mol. The monoisotopic (exact) mass is 235 g/mol. The average Bonchev–Trinajstić information content (AvgIpc) is 2.89. The molecule has 0 aromatic carbocycles. The molecule has 2 saturated carbocycles. The maximum absolute atomic E-state index is 4.21. The molecule has 1 aromatic rings. The highest BCUT2D eigenvalue weighted by atomic mass is 15.6. The Morgan fingerprint density at radius 3 is 2.82 bits per heavy atom. The molecule has 2 fully saturated rings. The SMILES string of the molecule is CC1(C)CCCC1n1nnnc1CNC1CC1. The molecule has 0 aliphatic heterocycles. The third kappa shape index (κ3) is 2.20. The van der Waals surface area contributed by atoms with E-state index in [0.717, 1.165) is 12.4 Å². The topological polar surface area (TPSA) is 55.6 Å². The van der Waals surface area contributed by atoms with Gasteiger partial charge in [0.05, 0.1) is 12.6 Å². The summed E-state index contributed by atoms with van der Waals surface area (Å²) in [6.45, 7) is 5.46. The smallest absolute Gasteiger partial charge is 0.165 e. The Labute approximate surface area is 102 Å². The van der Waals surface area contributed by atoms with Gasteiger partial charge in [-0.05, 0) is 41.5 Å². The molecule has 2 aliphatic rings. The second-order valence-electron chi connectivity index (χ2n) is 6.09. The lowest BCUT2D eigenvalue weighted by Crippen LogP contribution is -2.27. The molecule has 5 heteroatoms. The summed E-state index contributed by atoms with van der Waals surface area (Å²) in [4.78, 5) is 0. The molecule has 1 N–H and O–H groups in total. The fraction of sp³-hybridized carbons (Fsp3) is 0.917. The molecular weight excluding hydrogens is 214 g/mol. The van der Waals surface area contributed by atoms with Gasteiger partial charge >= 0.3 is 0 Å². The summed E-state index contributed by atoms with van der Waals surface area (Å²) in [5.41, 5.74) is 0.323. The maximum atomic E-state index is 4.21. The number of tetrazole rings is 1. The van der Waals surface area contributed by atoms with Gasteiger partial charge in [0.2, 0.25) is 0 Å². The van der Waals surface area contributed by atoms with Gasteiger partial charge in [0.15, 0.2) is 5.82 Å². The molecule has 1 aromatic heterocycles. The van der Waals surface area contributed by atoms with Gasteiger partial charge in [-0.3, -0.25) is 0 Å². The first-order valence-corrected chi connectivity index (χ1v) is 6.67. The maximum Gasteiger partial charge on any atom is 0.165 e. The van der Waals surface area contributed by atoms with E-state index in [1.165, 1.54) is 32.1 Å². The van der Waals surface area contributed by atoms with Crippen LogP contribution in [0.4, 0.5) is 0 Å². The summed E-state index contributed by atoms with van der Waals surface area (Å²) >= 11 is 0. The lowest BCUT2D eigenvalue weighted by Gasteiger charge is -2.27. The third-order valence-corrected chi connectivity index (χ3v) is 4.18.